The lowest BCUT2D eigenvalue weighted by Crippen LogP contribution is -2.43. The summed E-state index contributed by atoms with van der Waals surface area (Å²) in [6.07, 6.45) is 5.11. The molecule has 0 unspecified atom stereocenters. The van der Waals surface area contributed by atoms with Gasteiger partial charge < -0.3 is 14.4 Å². The van der Waals surface area contributed by atoms with Crippen molar-refractivity contribution in [1.29, 1.82) is 5.26 Å². The van der Waals surface area contributed by atoms with Gasteiger partial charge in [-0.05, 0) is 43.8 Å². The number of allylic oxidation sites excluding steroid dienone is 1. The molecule has 0 radical (unpaired) electrons. The molecule has 2 aliphatic rings. The minimum absolute atomic E-state index is 0.115. The summed E-state index contributed by atoms with van der Waals surface area (Å²) >= 11 is 0. The van der Waals surface area contributed by atoms with Gasteiger partial charge in [0.25, 0.3) is 0 Å². The van der Waals surface area contributed by atoms with Crippen LogP contribution in [0.1, 0.15) is 24.0 Å². The lowest BCUT2D eigenvalue weighted by atomic mass is 9.69. The van der Waals surface area contributed by atoms with Crippen LogP contribution in [0.3, 0.4) is 0 Å². The van der Waals surface area contributed by atoms with Gasteiger partial charge in [0.05, 0.1) is 19.8 Å². The number of carbonyl (C=O) groups excluding carboxylic acids is 1. The summed E-state index contributed by atoms with van der Waals surface area (Å²) in [6, 6.07) is 6.11. The molecule has 1 fully saturated rings. The van der Waals surface area contributed by atoms with Gasteiger partial charge in [-0.3, -0.25) is 4.79 Å². The first-order chi connectivity index (χ1) is 11.1. The number of likely N-dealkylation sites (N-methyl/N-ethyl adjacent to an activating group) is 1. The molecule has 1 aliphatic heterocycles. The third-order valence-corrected chi connectivity index (χ3v) is 5.10. The van der Waals surface area contributed by atoms with Crippen molar-refractivity contribution in [3.8, 4) is 17.6 Å². The molecule has 0 amide bonds. The number of ether oxygens (including phenoxy) is 2. The van der Waals surface area contributed by atoms with Crippen molar-refractivity contribution in [2.75, 3.05) is 27.8 Å². The minimum Gasteiger partial charge on any atom is -0.493 e. The van der Waals surface area contributed by atoms with Crippen LogP contribution >= 0.6 is 0 Å². The Morgan fingerprint density at radius 2 is 2.13 bits per heavy atom. The van der Waals surface area contributed by atoms with Gasteiger partial charge in [-0.25, -0.2) is 0 Å². The van der Waals surface area contributed by atoms with E-state index in [0.717, 1.165) is 18.5 Å². The second-order valence-corrected chi connectivity index (χ2v) is 6.16. The Labute approximate surface area is 136 Å². The number of hydrogen-bond donors (Lipinski definition) is 0. The first-order valence-corrected chi connectivity index (χ1v) is 7.64. The quantitative estimate of drug-likeness (QED) is 0.855. The number of nitriles is 1. The summed E-state index contributed by atoms with van der Waals surface area (Å²) in [5, 5.41) is 9.46. The third kappa shape index (κ3) is 2.30. The monoisotopic (exact) mass is 312 g/mol. The fourth-order valence-corrected chi connectivity index (χ4v) is 3.86. The lowest BCUT2D eigenvalue weighted by Gasteiger charge is -2.37. The van der Waals surface area contributed by atoms with Crippen molar-refractivity contribution in [3.63, 3.8) is 0 Å². The highest BCUT2D eigenvalue weighted by atomic mass is 16.5. The zero-order chi connectivity index (χ0) is 16.6. The van der Waals surface area contributed by atoms with Crippen molar-refractivity contribution in [2.24, 2.45) is 0 Å². The summed E-state index contributed by atoms with van der Waals surface area (Å²) in [6.45, 7) is 0.915. The molecule has 0 saturated carbocycles. The third-order valence-electron chi connectivity index (χ3n) is 5.10. The number of likely N-dealkylation sites (tertiary alicyclic amines) is 1. The Balaban J connectivity index is 2.19. The second kappa shape index (κ2) is 5.71. The van der Waals surface area contributed by atoms with Gasteiger partial charge in [-0.1, -0.05) is 6.08 Å². The SMILES string of the molecule is COc1cc([C@@]23C=CC(=O)C[C@@H]2N(C)CC3)cc(C#N)c1OC. The zero-order valence-corrected chi connectivity index (χ0v) is 13.6. The van der Waals surface area contributed by atoms with E-state index >= 15 is 0 Å². The molecule has 0 bridgehead atoms. The van der Waals surface area contributed by atoms with E-state index in [1.807, 2.05) is 25.3 Å². The molecule has 3 rings (SSSR count). The van der Waals surface area contributed by atoms with Crippen LogP contribution < -0.4 is 9.47 Å². The van der Waals surface area contributed by atoms with Gasteiger partial charge in [-0.2, -0.15) is 5.26 Å². The van der Waals surface area contributed by atoms with E-state index in [1.165, 1.54) is 7.11 Å². The van der Waals surface area contributed by atoms with E-state index in [-0.39, 0.29) is 17.2 Å². The number of hydrogen-bond acceptors (Lipinski definition) is 5. The molecule has 1 aliphatic carbocycles. The maximum absolute atomic E-state index is 11.9. The highest BCUT2D eigenvalue weighted by Gasteiger charge is 2.48. The molecule has 5 heteroatoms. The van der Waals surface area contributed by atoms with E-state index in [1.54, 1.807) is 13.2 Å². The van der Waals surface area contributed by atoms with E-state index in [9.17, 15) is 10.1 Å². The summed E-state index contributed by atoms with van der Waals surface area (Å²) in [5.74, 6) is 1.16. The normalized spacial score (nSPS) is 26.7. The smallest absolute Gasteiger partial charge is 0.178 e. The molecule has 23 heavy (non-hydrogen) atoms. The average molecular weight is 312 g/mol. The standard InChI is InChI=1S/C18H20N2O3/c1-20-7-6-18(5-4-14(21)10-16(18)20)13-8-12(11-19)17(23-3)15(9-13)22-2/h4-5,8-9,16H,6-7,10H2,1-3H3/t16-,18-/m0/s1. The van der Waals surface area contributed by atoms with Gasteiger partial charge >= 0.3 is 0 Å². The molecule has 1 aromatic carbocycles. The Morgan fingerprint density at radius 3 is 2.78 bits per heavy atom. The van der Waals surface area contributed by atoms with E-state index in [4.69, 9.17) is 9.47 Å². The largest absolute Gasteiger partial charge is 0.493 e. The Morgan fingerprint density at radius 1 is 1.35 bits per heavy atom. The van der Waals surface area contributed by atoms with Crippen LogP contribution in [0.15, 0.2) is 24.3 Å². The maximum atomic E-state index is 11.9. The van der Waals surface area contributed by atoms with E-state index in [0.29, 0.717) is 23.5 Å². The zero-order valence-electron chi connectivity index (χ0n) is 13.6. The first kappa shape index (κ1) is 15.6. The summed E-state index contributed by atoms with van der Waals surface area (Å²) < 4.78 is 10.7. The number of rotatable bonds is 3. The van der Waals surface area contributed by atoms with Crippen molar-refractivity contribution < 1.29 is 14.3 Å². The fraction of sp³-hybridized carbons (Fsp3) is 0.444. The van der Waals surface area contributed by atoms with Gasteiger partial charge in [0, 0.05) is 17.9 Å². The van der Waals surface area contributed by atoms with Crippen LogP contribution in [0.5, 0.6) is 11.5 Å². The van der Waals surface area contributed by atoms with Crippen molar-refractivity contribution in [1.82, 2.24) is 4.90 Å². The molecular weight excluding hydrogens is 292 g/mol. The van der Waals surface area contributed by atoms with Gasteiger partial charge in [0.1, 0.15) is 6.07 Å². The van der Waals surface area contributed by atoms with Crippen LogP contribution in [0.25, 0.3) is 0 Å². The molecule has 120 valence electrons. The topological polar surface area (TPSA) is 62.6 Å². The van der Waals surface area contributed by atoms with Gasteiger partial charge in [0.15, 0.2) is 17.3 Å². The Hall–Kier alpha value is -2.32. The minimum atomic E-state index is -0.256. The number of ketones is 1. The van der Waals surface area contributed by atoms with E-state index < -0.39 is 0 Å². The molecule has 0 spiro atoms. The average Bonchev–Trinajstić information content (AvgIpc) is 2.91. The fourth-order valence-electron chi connectivity index (χ4n) is 3.86. The molecule has 0 N–H and O–H groups in total. The number of nitrogens with zero attached hydrogens (tertiary/aromatic N) is 2. The highest BCUT2D eigenvalue weighted by Crippen LogP contribution is 2.47. The molecule has 1 heterocycles. The number of fused-ring (bicyclic) bond motifs is 1. The molecule has 0 aromatic heterocycles. The Bertz CT molecular complexity index is 720. The van der Waals surface area contributed by atoms with Gasteiger partial charge in [0.2, 0.25) is 0 Å². The summed E-state index contributed by atoms with van der Waals surface area (Å²) in [7, 11) is 5.14. The first-order valence-electron chi connectivity index (χ1n) is 7.64. The van der Waals surface area contributed by atoms with Crippen LogP contribution in [-0.2, 0) is 10.2 Å². The molecular formula is C18H20N2O3. The molecule has 1 saturated heterocycles. The summed E-state index contributed by atoms with van der Waals surface area (Å²) in [4.78, 5) is 14.1. The van der Waals surface area contributed by atoms with Crippen molar-refractivity contribution in [2.45, 2.75) is 24.3 Å². The molecule has 5 nitrogen and oxygen atoms in total. The number of methoxy groups -OCH3 is 2. The predicted molar refractivity (Wildman–Crippen MR) is 85.7 cm³/mol. The number of carbonyl (C=O) groups is 1. The van der Waals surface area contributed by atoms with E-state index in [2.05, 4.69) is 11.0 Å². The van der Waals surface area contributed by atoms with Crippen LogP contribution in [-0.4, -0.2) is 44.5 Å². The van der Waals surface area contributed by atoms with Crippen LogP contribution in [0, 0.1) is 11.3 Å². The maximum Gasteiger partial charge on any atom is 0.178 e. The van der Waals surface area contributed by atoms with Crippen molar-refractivity contribution in [3.05, 3.63) is 35.4 Å². The predicted octanol–water partition coefficient (Wildman–Crippen LogP) is 2.05. The molecule has 2 atom stereocenters. The van der Waals surface area contributed by atoms with Gasteiger partial charge in [-0.15, -0.1) is 0 Å². The lowest BCUT2D eigenvalue weighted by molar-refractivity contribution is -0.116. The van der Waals surface area contributed by atoms with Crippen LogP contribution in [0.2, 0.25) is 0 Å². The van der Waals surface area contributed by atoms with Crippen LogP contribution in [0.4, 0.5) is 0 Å². The Kier molecular flexibility index (Phi) is 3.87. The second-order valence-electron chi connectivity index (χ2n) is 6.16. The molecule has 1 aromatic rings. The van der Waals surface area contributed by atoms with Crippen molar-refractivity contribution >= 4 is 5.78 Å². The number of benzene rings is 1. The highest BCUT2D eigenvalue weighted by molar-refractivity contribution is 5.92. The summed E-state index contributed by atoms with van der Waals surface area (Å²) in [5.41, 5.74) is 1.20.